The lowest BCUT2D eigenvalue weighted by Crippen LogP contribution is -2.15. The highest BCUT2D eigenvalue weighted by molar-refractivity contribution is 5.41. The second kappa shape index (κ2) is 6.29. The molecule has 3 rings (SSSR count). The van der Waals surface area contributed by atoms with Crippen LogP contribution in [-0.4, -0.2) is 11.1 Å². The molecule has 3 heteroatoms. The van der Waals surface area contributed by atoms with E-state index in [-0.39, 0.29) is 6.61 Å². The van der Waals surface area contributed by atoms with Crippen molar-refractivity contribution in [2.45, 2.75) is 39.0 Å². The number of hydrogen-bond acceptors (Lipinski definition) is 3. The predicted octanol–water partition coefficient (Wildman–Crippen LogP) is 3.53. The van der Waals surface area contributed by atoms with E-state index in [0.29, 0.717) is 6.04 Å². The molecule has 1 saturated carbocycles. The number of aliphatic hydroxyl groups is 1. The molecule has 0 radical (unpaired) electrons. The highest BCUT2D eigenvalue weighted by Gasteiger charge is 2.20. The molecule has 3 nitrogen and oxygen atoms in total. The molecule has 110 valence electrons. The average molecular weight is 283 g/mol. The van der Waals surface area contributed by atoms with Crippen LogP contribution < -0.4 is 10.1 Å². The number of ether oxygens (including phenoxy) is 1. The zero-order chi connectivity index (χ0) is 14.7. The zero-order valence-corrected chi connectivity index (χ0v) is 12.3. The number of nitrogens with one attached hydrogen (secondary N) is 1. The average Bonchev–Trinajstić information content (AvgIpc) is 3.32. The fraction of sp³-hybridized carbons (Fsp3) is 0.333. The fourth-order valence-corrected chi connectivity index (χ4v) is 2.32. The van der Waals surface area contributed by atoms with Gasteiger partial charge in [0.15, 0.2) is 0 Å². The smallest absolute Gasteiger partial charge is 0.131 e. The van der Waals surface area contributed by atoms with Gasteiger partial charge in [0.2, 0.25) is 0 Å². The predicted molar refractivity (Wildman–Crippen MR) is 83.5 cm³/mol. The van der Waals surface area contributed by atoms with Gasteiger partial charge >= 0.3 is 0 Å². The molecular weight excluding hydrogens is 262 g/mol. The number of rotatable bonds is 6. The molecule has 0 unspecified atom stereocenters. The van der Waals surface area contributed by atoms with E-state index >= 15 is 0 Å². The summed E-state index contributed by atoms with van der Waals surface area (Å²) in [5, 5.41) is 12.7. The summed E-state index contributed by atoms with van der Waals surface area (Å²) < 4.78 is 6.01. The van der Waals surface area contributed by atoms with Crippen LogP contribution in [0.5, 0.6) is 11.5 Å². The summed E-state index contributed by atoms with van der Waals surface area (Å²) in [6, 6.07) is 14.5. The maximum Gasteiger partial charge on any atom is 0.131 e. The zero-order valence-electron chi connectivity index (χ0n) is 12.3. The van der Waals surface area contributed by atoms with Crippen LogP contribution in [0.3, 0.4) is 0 Å². The third kappa shape index (κ3) is 3.84. The summed E-state index contributed by atoms with van der Waals surface area (Å²) in [5.41, 5.74) is 3.27. The lowest BCUT2D eigenvalue weighted by atomic mass is 10.1. The molecule has 1 aliphatic rings. The molecule has 0 heterocycles. The summed E-state index contributed by atoms with van der Waals surface area (Å²) in [4.78, 5) is 0. The molecule has 0 spiro atoms. The Morgan fingerprint density at radius 1 is 1.19 bits per heavy atom. The summed E-state index contributed by atoms with van der Waals surface area (Å²) in [5.74, 6) is 1.64. The monoisotopic (exact) mass is 283 g/mol. The van der Waals surface area contributed by atoms with Crippen LogP contribution in [0.2, 0.25) is 0 Å². The summed E-state index contributed by atoms with van der Waals surface area (Å²) >= 11 is 0. The van der Waals surface area contributed by atoms with Crippen molar-refractivity contribution in [1.29, 1.82) is 0 Å². The van der Waals surface area contributed by atoms with Gasteiger partial charge in [-0.25, -0.2) is 0 Å². The Kier molecular flexibility index (Phi) is 4.23. The van der Waals surface area contributed by atoms with E-state index in [1.807, 2.05) is 30.3 Å². The SMILES string of the molecule is Cc1ccc(Oc2cccc(CO)c2)c(CNC2CC2)c1. The minimum absolute atomic E-state index is 0.0290. The van der Waals surface area contributed by atoms with Crippen molar-refractivity contribution in [3.8, 4) is 11.5 Å². The van der Waals surface area contributed by atoms with E-state index in [1.54, 1.807) is 0 Å². The van der Waals surface area contributed by atoms with Gasteiger partial charge in [-0.05, 0) is 43.5 Å². The lowest BCUT2D eigenvalue weighted by molar-refractivity contribution is 0.281. The first-order chi connectivity index (χ1) is 10.2. The third-order valence-electron chi connectivity index (χ3n) is 3.68. The van der Waals surface area contributed by atoms with Crippen LogP contribution in [-0.2, 0) is 13.2 Å². The number of aryl methyl sites for hydroxylation is 1. The van der Waals surface area contributed by atoms with Crippen LogP contribution in [0.15, 0.2) is 42.5 Å². The van der Waals surface area contributed by atoms with E-state index in [0.717, 1.165) is 23.6 Å². The Morgan fingerprint density at radius 2 is 2.05 bits per heavy atom. The molecule has 0 atom stereocenters. The first kappa shape index (κ1) is 14.1. The van der Waals surface area contributed by atoms with Gasteiger partial charge in [-0.2, -0.15) is 0 Å². The summed E-state index contributed by atoms with van der Waals surface area (Å²) in [6.45, 7) is 2.96. The van der Waals surface area contributed by atoms with Gasteiger partial charge < -0.3 is 15.2 Å². The molecule has 0 aliphatic heterocycles. The topological polar surface area (TPSA) is 41.5 Å². The molecule has 1 aliphatic carbocycles. The molecule has 0 bridgehead atoms. The van der Waals surface area contributed by atoms with Gasteiger partial charge in [0, 0.05) is 18.2 Å². The van der Waals surface area contributed by atoms with Gasteiger partial charge in [-0.3, -0.25) is 0 Å². The maximum absolute atomic E-state index is 9.21. The number of benzene rings is 2. The minimum atomic E-state index is 0.0290. The van der Waals surface area contributed by atoms with E-state index in [9.17, 15) is 5.11 Å². The van der Waals surface area contributed by atoms with Crippen LogP contribution >= 0.6 is 0 Å². The molecule has 2 aromatic rings. The first-order valence-corrected chi connectivity index (χ1v) is 7.45. The van der Waals surface area contributed by atoms with E-state index in [2.05, 4.69) is 24.4 Å². The van der Waals surface area contributed by atoms with Crippen molar-refractivity contribution in [2.75, 3.05) is 0 Å². The second-order valence-electron chi connectivity index (χ2n) is 5.67. The molecule has 0 aromatic heterocycles. The molecular formula is C18H21NO2. The van der Waals surface area contributed by atoms with Crippen molar-refractivity contribution in [3.05, 3.63) is 59.2 Å². The van der Waals surface area contributed by atoms with E-state index in [1.165, 1.54) is 24.0 Å². The molecule has 0 saturated heterocycles. The Bertz CT molecular complexity index is 620. The first-order valence-electron chi connectivity index (χ1n) is 7.45. The van der Waals surface area contributed by atoms with Gasteiger partial charge in [0.25, 0.3) is 0 Å². The van der Waals surface area contributed by atoms with Gasteiger partial charge in [-0.15, -0.1) is 0 Å². The molecule has 0 amide bonds. The lowest BCUT2D eigenvalue weighted by Gasteiger charge is -2.13. The molecule has 2 aromatic carbocycles. The van der Waals surface area contributed by atoms with Crippen LogP contribution in [0.4, 0.5) is 0 Å². The Labute approximate surface area is 125 Å². The third-order valence-corrected chi connectivity index (χ3v) is 3.68. The normalized spacial score (nSPS) is 14.2. The van der Waals surface area contributed by atoms with Crippen LogP contribution in [0.1, 0.15) is 29.5 Å². The van der Waals surface area contributed by atoms with Crippen molar-refractivity contribution >= 4 is 0 Å². The van der Waals surface area contributed by atoms with Crippen LogP contribution in [0, 0.1) is 6.92 Å². The van der Waals surface area contributed by atoms with Crippen molar-refractivity contribution in [1.82, 2.24) is 5.32 Å². The summed E-state index contributed by atoms with van der Waals surface area (Å²) in [7, 11) is 0. The highest BCUT2D eigenvalue weighted by atomic mass is 16.5. The Hall–Kier alpha value is -1.84. The highest BCUT2D eigenvalue weighted by Crippen LogP contribution is 2.28. The van der Waals surface area contributed by atoms with Crippen molar-refractivity contribution < 1.29 is 9.84 Å². The largest absolute Gasteiger partial charge is 0.457 e. The second-order valence-corrected chi connectivity index (χ2v) is 5.67. The fourth-order valence-electron chi connectivity index (χ4n) is 2.32. The van der Waals surface area contributed by atoms with Crippen LogP contribution in [0.25, 0.3) is 0 Å². The number of aliphatic hydroxyl groups excluding tert-OH is 1. The molecule has 1 fully saturated rings. The van der Waals surface area contributed by atoms with Gasteiger partial charge in [-0.1, -0.05) is 29.8 Å². The number of hydrogen-bond donors (Lipinski definition) is 2. The van der Waals surface area contributed by atoms with E-state index < -0.39 is 0 Å². The Balaban J connectivity index is 1.79. The van der Waals surface area contributed by atoms with Gasteiger partial charge in [0.1, 0.15) is 11.5 Å². The molecule has 2 N–H and O–H groups in total. The Morgan fingerprint density at radius 3 is 2.81 bits per heavy atom. The maximum atomic E-state index is 9.21. The molecule has 21 heavy (non-hydrogen) atoms. The van der Waals surface area contributed by atoms with Crippen molar-refractivity contribution in [2.24, 2.45) is 0 Å². The minimum Gasteiger partial charge on any atom is -0.457 e. The van der Waals surface area contributed by atoms with E-state index in [4.69, 9.17) is 4.74 Å². The standard InChI is InChI=1S/C18H21NO2/c1-13-5-8-18(15(9-13)11-19-16-6-7-16)21-17-4-2-3-14(10-17)12-20/h2-5,8-10,16,19-20H,6-7,11-12H2,1H3. The van der Waals surface area contributed by atoms with Crippen molar-refractivity contribution in [3.63, 3.8) is 0 Å². The van der Waals surface area contributed by atoms with Gasteiger partial charge in [0.05, 0.1) is 6.61 Å². The quantitative estimate of drug-likeness (QED) is 0.852. The summed E-state index contributed by atoms with van der Waals surface area (Å²) in [6.07, 6.45) is 2.56.